The second-order valence-electron chi connectivity index (χ2n) is 9.54. The van der Waals surface area contributed by atoms with Crippen LogP contribution in [0.3, 0.4) is 0 Å². The zero-order valence-electron chi connectivity index (χ0n) is 23.0. The number of carboxylic acids is 1. The Bertz CT molecular complexity index is 1570. The van der Waals surface area contributed by atoms with Gasteiger partial charge in [-0.25, -0.2) is 8.78 Å². The van der Waals surface area contributed by atoms with Crippen molar-refractivity contribution in [1.29, 1.82) is 0 Å². The Labute approximate surface area is 242 Å². The van der Waals surface area contributed by atoms with Crippen molar-refractivity contribution < 1.29 is 33.0 Å². The highest BCUT2D eigenvalue weighted by molar-refractivity contribution is 6.06. The molecule has 0 spiro atoms. The molecule has 42 heavy (non-hydrogen) atoms. The Hall–Kier alpha value is -5.05. The second kappa shape index (κ2) is 14.0. The Balaban J connectivity index is 1.60. The van der Waals surface area contributed by atoms with Crippen molar-refractivity contribution in [2.45, 2.75) is 19.4 Å². The van der Waals surface area contributed by atoms with Gasteiger partial charge < -0.3 is 20.1 Å². The average molecular weight is 573 g/mol. The highest BCUT2D eigenvalue weighted by Crippen LogP contribution is 2.29. The molecule has 2 N–H and O–H groups in total. The summed E-state index contributed by atoms with van der Waals surface area (Å²) >= 11 is 0. The number of nitrogens with zero attached hydrogens (tertiary/aromatic N) is 1. The predicted molar refractivity (Wildman–Crippen MR) is 154 cm³/mol. The standard InChI is InChI=1S/C33H30F2N2O5/c1-42-25-13-10-22(11-14-25)16-18-37(19-17-31(38)39)33(41)29-9-5-3-7-27(29)26-6-2-4-8-28(26)32(40)36-21-23-20-24(34)12-15-30(23)35/h2-15,20H,16-19,21H2,1H3,(H,36,40)(H,38,39). The van der Waals surface area contributed by atoms with Crippen LogP contribution in [-0.4, -0.2) is 48.0 Å². The number of methoxy groups -OCH3 is 1. The lowest BCUT2D eigenvalue weighted by atomic mass is 9.94. The Morgan fingerprint density at radius 3 is 2.14 bits per heavy atom. The molecule has 7 nitrogen and oxygen atoms in total. The number of amides is 2. The molecule has 0 aliphatic rings. The van der Waals surface area contributed by atoms with Crippen LogP contribution in [0.1, 0.15) is 38.3 Å². The van der Waals surface area contributed by atoms with Gasteiger partial charge in [0.05, 0.1) is 13.5 Å². The van der Waals surface area contributed by atoms with Gasteiger partial charge in [0.15, 0.2) is 0 Å². The number of carbonyl (C=O) groups is 3. The molecule has 9 heteroatoms. The van der Waals surface area contributed by atoms with Gasteiger partial charge in [-0.2, -0.15) is 0 Å². The number of rotatable bonds is 12. The summed E-state index contributed by atoms with van der Waals surface area (Å²) in [4.78, 5) is 40.0. The van der Waals surface area contributed by atoms with E-state index in [9.17, 15) is 28.3 Å². The first-order chi connectivity index (χ1) is 20.3. The van der Waals surface area contributed by atoms with E-state index in [1.807, 2.05) is 24.3 Å². The molecule has 0 heterocycles. The van der Waals surface area contributed by atoms with Gasteiger partial charge in [0.25, 0.3) is 11.8 Å². The molecule has 0 saturated heterocycles. The zero-order chi connectivity index (χ0) is 30.1. The topological polar surface area (TPSA) is 95.9 Å². The molecule has 2 amide bonds. The summed E-state index contributed by atoms with van der Waals surface area (Å²) in [6, 6.07) is 23.9. The molecule has 0 fully saturated rings. The maximum Gasteiger partial charge on any atom is 0.305 e. The number of aliphatic carboxylic acids is 1. The van der Waals surface area contributed by atoms with Crippen LogP contribution in [0, 0.1) is 11.6 Å². The minimum Gasteiger partial charge on any atom is -0.497 e. The lowest BCUT2D eigenvalue weighted by molar-refractivity contribution is -0.137. The van der Waals surface area contributed by atoms with Crippen molar-refractivity contribution in [2.24, 2.45) is 0 Å². The molecule has 4 aromatic carbocycles. The van der Waals surface area contributed by atoms with Crippen LogP contribution in [0.15, 0.2) is 91.0 Å². The van der Waals surface area contributed by atoms with Crippen LogP contribution >= 0.6 is 0 Å². The van der Waals surface area contributed by atoms with E-state index in [4.69, 9.17) is 4.74 Å². The smallest absolute Gasteiger partial charge is 0.305 e. The molecule has 0 bridgehead atoms. The van der Waals surface area contributed by atoms with Gasteiger partial charge in [0, 0.05) is 36.3 Å². The van der Waals surface area contributed by atoms with Gasteiger partial charge >= 0.3 is 5.97 Å². The van der Waals surface area contributed by atoms with Crippen LogP contribution in [0.25, 0.3) is 11.1 Å². The van der Waals surface area contributed by atoms with Crippen LogP contribution in [0.2, 0.25) is 0 Å². The molecule has 0 atom stereocenters. The summed E-state index contributed by atoms with van der Waals surface area (Å²) in [5.74, 6) is -2.49. The molecular weight excluding hydrogens is 542 g/mol. The third kappa shape index (κ3) is 7.57. The van der Waals surface area contributed by atoms with Crippen LogP contribution < -0.4 is 10.1 Å². The largest absolute Gasteiger partial charge is 0.497 e. The fourth-order valence-corrected chi connectivity index (χ4v) is 4.54. The SMILES string of the molecule is COc1ccc(CCN(CCC(=O)O)C(=O)c2ccccc2-c2ccccc2C(=O)NCc2cc(F)ccc2F)cc1. The summed E-state index contributed by atoms with van der Waals surface area (Å²) < 4.78 is 32.9. The summed E-state index contributed by atoms with van der Waals surface area (Å²) in [7, 11) is 1.57. The summed E-state index contributed by atoms with van der Waals surface area (Å²) in [5, 5.41) is 11.9. The Morgan fingerprint density at radius 1 is 0.833 bits per heavy atom. The molecule has 216 valence electrons. The minimum absolute atomic E-state index is 0.0000120. The van der Waals surface area contributed by atoms with E-state index in [0.717, 1.165) is 23.8 Å². The van der Waals surface area contributed by atoms with Crippen molar-refractivity contribution in [3.05, 3.63) is 125 Å². The van der Waals surface area contributed by atoms with Crippen molar-refractivity contribution in [2.75, 3.05) is 20.2 Å². The first-order valence-corrected chi connectivity index (χ1v) is 13.3. The zero-order valence-corrected chi connectivity index (χ0v) is 23.0. The third-order valence-electron chi connectivity index (χ3n) is 6.78. The summed E-state index contributed by atoms with van der Waals surface area (Å²) in [5.41, 5.74) is 2.44. The molecular formula is C33H30F2N2O5. The van der Waals surface area contributed by atoms with Crippen molar-refractivity contribution in [3.63, 3.8) is 0 Å². The third-order valence-corrected chi connectivity index (χ3v) is 6.78. The molecule has 0 radical (unpaired) electrons. The monoisotopic (exact) mass is 572 g/mol. The number of ether oxygens (including phenoxy) is 1. The molecule has 0 aliphatic heterocycles. The Kier molecular flexibility index (Phi) is 9.99. The number of carbonyl (C=O) groups excluding carboxylic acids is 2. The van der Waals surface area contributed by atoms with Crippen molar-refractivity contribution >= 4 is 17.8 Å². The van der Waals surface area contributed by atoms with E-state index < -0.39 is 23.5 Å². The van der Waals surface area contributed by atoms with Gasteiger partial charge in [-0.05, 0) is 65.6 Å². The van der Waals surface area contributed by atoms with Crippen LogP contribution in [0.5, 0.6) is 5.75 Å². The fraction of sp³-hybridized carbons (Fsp3) is 0.182. The number of hydrogen-bond donors (Lipinski definition) is 2. The maximum absolute atomic E-state index is 14.1. The minimum atomic E-state index is -1.03. The second-order valence-corrected chi connectivity index (χ2v) is 9.54. The molecule has 4 aromatic rings. The lowest BCUT2D eigenvalue weighted by Gasteiger charge is -2.24. The molecule has 0 saturated carbocycles. The van der Waals surface area contributed by atoms with Crippen LogP contribution in [-0.2, 0) is 17.8 Å². The van der Waals surface area contributed by atoms with E-state index in [-0.39, 0.29) is 43.1 Å². The normalized spacial score (nSPS) is 10.6. The van der Waals surface area contributed by atoms with Crippen molar-refractivity contribution in [3.8, 4) is 16.9 Å². The number of hydrogen-bond acceptors (Lipinski definition) is 4. The predicted octanol–water partition coefficient (Wildman–Crippen LogP) is 5.73. The first-order valence-electron chi connectivity index (χ1n) is 13.3. The van der Waals surface area contributed by atoms with E-state index in [1.54, 1.807) is 55.6 Å². The molecule has 0 aliphatic carbocycles. The maximum atomic E-state index is 14.1. The van der Waals surface area contributed by atoms with E-state index in [1.165, 1.54) is 4.90 Å². The van der Waals surface area contributed by atoms with Crippen molar-refractivity contribution in [1.82, 2.24) is 10.2 Å². The lowest BCUT2D eigenvalue weighted by Crippen LogP contribution is -2.35. The molecule has 0 aromatic heterocycles. The number of nitrogens with one attached hydrogen (secondary N) is 1. The van der Waals surface area contributed by atoms with Gasteiger partial charge in [0.1, 0.15) is 17.4 Å². The summed E-state index contributed by atoms with van der Waals surface area (Å²) in [6.07, 6.45) is 0.263. The average Bonchev–Trinajstić information content (AvgIpc) is 3.01. The highest BCUT2D eigenvalue weighted by atomic mass is 19.1. The molecule has 4 rings (SSSR count). The number of benzene rings is 4. The fourth-order valence-electron chi connectivity index (χ4n) is 4.54. The quantitative estimate of drug-likeness (QED) is 0.226. The van der Waals surface area contributed by atoms with Gasteiger partial charge in [-0.1, -0.05) is 48.5 Å². The van der Waals surface area contributed by atoms with E-state index in [2.05, 4.69) is 5.32 Å². The number of carboxylic acid groups (broad SMARTS) is 1. The Morgan fingerprint density at radius 2 is 1.48 bits per heavy atom. The van der Waals surface area contributed by atoms with E-state index in [0.29, 0.717) is 28.9 Å². The first kappa shape index (κ1) is 29.9. The number of halogens is 2. The van der Waals surface area contributed by atoms with Gasteiger partial charge in [0.2, 0.25) is 0 Å². The van der Waals surface area contributed by atoms with Crippen LogP contribution in [0.4, 0.5) is 8.78 Å². The van der Waals surface area contributed by atoms with Gasteiger partial charge in [-0.15, -0.1) is 0 Å². The summed E-state index contributed by atoms with van der Waals surface area (Å²) in [6.45, 7) is 0.0414. The molecule has 0 unspecified atom stereocenters. The van der Waals surface area contributed by atoms with E-state index >= 15 is 0 Å². The highest BCUT2D eigenvalue weighted by Gasteiger charge is 2.23. The van der Waals surface area contributed by atoms with Gasteiger partial charge in [-0.3, -0.25) is 14.4 Å².